The van der Waals surface area contributed by atoms with Crippen LogP contribution in [-0.2, 0) is 16.0 Å². The zero-order valence-corrected chi connectivity index (χ0v) is 15.8. The summed E-state index contributed by atoms with van der Waals surface area (Å²) < 4.78 is 5.19. The summed E-state index contributed by atoms with van der Waals surface area (Å²) in [5.41, 5.74) is 0.315. The van der Waals surface area contributed by atoms with E-state index in [2.05, 4.69) is 0 Å². The first-order valence-electron chi connectivity index (χ1n) is 8.00. The molecule has 0 aliphatic heterocycles. The molecule has 1 unspecified atom stereocenters. The van der Waals surface area contributed by atoms with Gasteiger partial charge in [-0.2, -0.15) is 0 Å². The molecule has 5 nitrogen and oxygen atoms in total. The molecule has 25 heavy (non-hydrogen) atoms. The van der Waals surface area contributed by atoms with Gasteiger partial charge in [0.05, 0.1) is 5.02 Å². The SMILES string of the molecule is CC(=O)CCC1(C(C)C)Cc2cc(OCC(=O)O)c(Cl)c(Cl)c2C1=O. The maximum Gasteiger partial charge on any atom is 0.341 e. The van der Waals surface area contributed by atoms with Crippen LogP contribution in [0.3, 0.4) is 0 Å². The van der Waals surface area contributed by atoms with Crippen molar-refractivity contribution in [3.05, 3.63) is 27.2 Å². The summed E-state index contributed by atoms with van der Waals surface area (Å²) >= 11 is 12.5. The second-order valence-electron chi connectivity index (χ2n) is 6.74. The smallest absolute Gasteiger partial charge is 0.341 e. The van der Waals surface area contributed by atoms with Crippen molar-refractivity contribution < 1.29 is 24.2 Å². The first-order valence-corrected chi connectivity index (χ1v) is 8.75. The number of rotatable bonds is 7. The predicted octanol–water partition coefficient (Wildman–Crippen LogP) is 4.21. The summed E-state index contributed by atoms with van der Waals surface area (Å²) in [6.07, 6.45) is 1.17. The highest BCUT2D eigenvalue weighted by atomic mass is 35.5. The number of benzene rings is 1. The van der Waals surface area contributed by atoms with Crippen LogP contribution in [0.2, 0.25) is 10.0 Å². The molecule has 1 N–H and O–H groups in total. The number of Topliss-reactive ketones (excluding diaryl/α,β-unsaturated/α-hetero) is 2. The molecule has 0 heterocycles. The van der Waals surface area contributed by atoms with E-state index in [1.54, 1.807) is 6.07 Å². The second-order valence-corrected chi connectivity index (χ2v) is 7.49. The first kappa shape index (κ1) is 19.7. The van der Waals surface area contributed by atoms with E-state index in [0.717, 1.165) is 0 Å². The standard InChI is InChI=1S/C18H20Cl2O5/c1-9(2)18(5-4-10(3)21)7-11-6-12(25-8-13(22)23)15(19)16(20)14(11)17(18)24/h6,9H,4-5,7-8H2,1-3H3,(H,22,23). The Kier molecular flexibility index (Phi) is 5.79. The lowest BCUT2D eigenvalue weighted by molar-refractivity contribution is -0.139. The van der Waals surface area contributed by atoms with Crippen molar-refractivity contribution in [1.29, 1.82) is 0 Å². The van der Waals surface area contributed by atoms with Crippen LogP contribution in [0.1, 0.15) is 49.5 Å². The van der Waals surface area contributed by atoms with Gasteiger partial charge in [0, 0.05) is 17.4 Å². The molecule has 0 aromatic heterocycles. The molecule has 1 aromatic carbocycles. The van der Waals surface area contributed by atoms with Crippen molar-refractivity contribution in [2.24, 2.45) is 11.3 Å². The summed E-state index contributed by atoms with van der Waals surface area (Å²) in [4.78, 5) is 35.3. The average Bonchev–Trinajstić information content (AvgIpc) is 2.80. The minimum Gasteiger partial charge on any atom is -0.480 e. The first-order chi connectivity index (χ1) is 11.6. The number of ether oxygens (including phenoxy) is 1. The fourth-order valence-corrected chi connectivity index (χ4v) is 3.81. The van der Waals surface area contributed by atoms with E-state index in [4.69, 9.17) is 33.0 Å². The van der Waals surface area contributed by atoms with Gasteiger partial charge in [0.25, 0.3) is 0 Å². The third-order valence-corrected chi connectivity index (χ3v) is 5.67. The normalized spacial score (nSPS) is 19.2. The minimum absolute atomic E-state index is 0.00461. The van der Waals surface area contributed by atoms with Crippen molar-refractivity contribution >= 4 is 40.7 Å². The van der Waals surface area contributed by atoms with Crippen molar-refractivity contribution in [3.63, 3.8) is 0 Å². The van der Waals surface area contributed by atoms with Crippen LogP contribution < -0.4 is 4.74 Å². The molecule has 7 heteroatoms. The van der Waals surface area contributed by atoms with Gasteiger partial charge in [0.1, 0.15) is 16.6 Å². The van der Waals surface area contributed by atoms with Crippen LogP contribution in [-0.4, -0.2) is 29.2 Å². The molecule has 1 atom stereocenters. The number of halogens is 2. The van der Waals surface area contributed by atoms with Crippen LogP contribution in [0.25, 0.3) is 0 Å². The fraction of sp³-hybridized carbons (Fsp3) is 0.500. The zero-order valence-electron chi connectivity index (χ0n) is 14.3. The molecule has 0 saturated carbocycles. The van der Waals surface area contributed by atoms with Crippen LogP contribution in [0, 0.1) is 11.3 Å². The number of carboxylic acid groups (broad SMARTS) is 1. The van der Waals surface area contributed by atoms with Crippen LogP contribution >= 0.6 is 23.2 Å². The van der Waals surface area contributed by atoms with Crippen molar-refractivity contribution in [2.45, 2.75) is 40.0 Å². The van der Waals surface area contributed by atoms with E-state index in [1.807, 2.05) is 13.8 Å². The monoisotopic (exact) mass is 386 g/mol. The molecule has 1 aliphatic rings. The summed E-state index contributed by atoms with van der Waals surface area (Å²) in [7, 11) is 0. The quantitative estimate of drug-likeness (QED) is 0.758. The van der Waals surface area contributed by atoms with Gasteiger partial charge in [-0.25, -0.2) is 4.79 Å². The van der Waals surface area contributed by atoms with Gasteiger partial charge in [0.2, 0.25) is 0 Å². The van der Waals surface area contributed by atoms with Crippen LogP contribution in [0.5, 0.6) is 5.75 Å². The lowest BCUT2D eigenvalue weighted by Gasteiger charge is -2.31. The van der Waals surface area contributed by atoms with Crippen LogP contribution in [0.15, 0.2) is 6.07 Å². The molecule has 0 bridgehead atoms. The highest BCUT2D eigenvalue weighted by molar-refractivity contribution is 6.45. The molecular weight excluding hydrogens is 367 g/mol. The molecular formula is C18H20Cl2O5. The molecule has 1 aromatic rings. The summed E-state index contributed by atoms with van der Waals surface area (Å²) in [6.45, 7) is 4.84. The van der Waals surface area contributed by atoms with Crippen LogP contribution in [0.4, 0.5) is 0 Å². The maximum atomic E-state index is 13.1. The van der Waals surface area contributed by atoms with Gasteiger partial charge in [-0.05, 0) is 37.3 Å². The number of ketones is 2. The Hall–Kier alpha value is -1.59. The molecule has 0 fully saturated rings. The third-order valence-electron chi connectivity index (χ3n) is 4.82. The Labute approximate surface area is 156 Å². The predicted molar refractivity (Wildman–Crippen MR) is 94.8 cm³/mol. The molecule has 0 saturated heterocycles. The lowest BCUT2D eigenvalue weighted by Crippen LogP contribution is -2.34. The molecule has 136 valence electrons. The Balaban J connectivity index is 2.46. The molecule has 1 aliphatic carbocycles. The summed E-state index contributed by atoms with van der Waals surface area (Å²) in [5, 5.41) is 8.87. The Bertz CT molecular complexity index is 741. The van der Waals surface area contributed by atoms with Gasteiger partial charge >= 0.3 is 5.97 Å². The Morgan fingerprint density at radius 3 is 2.48 bits per heavy atom. The van der Waals surface area contributed by atoms with Gasteiger partial charge < -0.3 is 14.6 Å². The summed E-state index contributed by atoms with van der Waals surface area (Å²) in [5.74, 6) is -1.08. The van der Waals surface area contributed by atoms with E-state index in [-0.39, 0.29) is 33.3 Å². The number of hydrogen-bond donors (Lipinski definition) is 1. The van der Waals surface area contributed by atoms with Gasteiger partial charge in [0.15, 0.2) is 12.4 Å². The minimum atomic E-state index is -1.14. The van der Waals surface area contributed by atoms with Gasteiger partial charge in [-0.15, -0.1) is 0 Å². The lowest BCUT2D eigenvalue weighted by atomic mass is 9.70. The molecule has 0 spiro atoms. The molecule has 0 radical (unpaired) electrons. The van der Waals surface area contributed by atoms with E-state index in [9.17, 15) is 14.4 Å². The highest BCUT2D eigenvalue weighted by Gasteiger charge is 2.49. The van der Waals surface area contributed by atoms with Crippen molar-refractivity contribution in [2.75, 3.05) is 6.61 Å². The highest BCUT2D eigenvalue weighted by Crippen LogP contribution is 2.51. The topological polar surface area (TPSA) is 80.7 Å². The average molecular weight is 387 g/mol. The van der Waals surface area contributed by atoms with E-state index >= 15 is 0 Å². The number of carbonyl (C=O) groups excluding carboxylic acids is 2. The van der Waals surface area contributed by atoms with Crippen molar-refractivity contribution in [1.82, 2.24) is 0 Å². The molecule has 2 rings (SSSR count). The Morgan fingerprint density at radius 2 is 1.96 bits per heavy atom. The largest absolute Gasteiger partial charge is 0.480 e. The van der Waals surface area contributed by atoms with Gasteiger partial charge in [-0.1, -0.05) is 37.0 Å². The third kappa shape index (κ3) is 3.67. The van der Waals surface area contributed by atoms with E-state index < -0.39 is 18.0 Å². The fourth-order valence-electron chi connectivity index (χ4n) is 3.31. The number of carboxylic acids is 1. The van der Waals surface area contributed by atoms with Crippen molar-refractivity contribution in [3.8, 4) is 5.75 Å². The zero-order chi connectivity index (χ0) is 18.9. The number of carbonyl (C=O) groups is 3. The number of aliphatic carboxylic acids is 1. The maximum absolute atomic E-state index is 13.1. The number of hydrogen-bond acceptors (Lipinski definition) is 4. The second kappa shape index (κ2) is 7.34. The molecule has 0 amide bonds. The number of fused-ring (bicyclic) bond motifs is 1. The van der Waals surface area contributed by atoms with E-state index in [0.29, 0.717) is 30.4 Å². The van der Waals surface area contributed by atoms with E-state index in [1.165, 1.54) is 6.92 Å². The summed E-state index contributed by atoms with van der Waals surface area (Å²) in [6, 6.07) is 1.59. The Morgan fingerprint density at radius 1 is 1.32 bits per heavy atom. The van der Waals surface area contributed by atoms with Gasteiger partial charge in [-0.3, -0.25) is 4.79 Å².